The molecular weight excluding hydrogens is 212 g/mol. The number of carbonyl (C=O) groups excluding carboxylic acids is 1. The third-order valence-electron chi connectivity index (χ3n) is 3.12. The minimum atomic E-state index is 0.272. The van der Waals surface area contributed by atoms with E-state index >= 15 is 0 Å². The van der Waals surface area contributed by atoms with Gasteiger partial charge in [-0.15, -0.1) is 0 Å². The third-order valence-corrected chi connectivity index (χ3v) is 3.12. The number of carbonyl (C=O) groups is 1. The first-order valence-electron chi connectivity index (χ1n) is 6.21. The molecule has 94 valence electrons. The summed E-state index contributed by atoms with van der Waals surface area (Å²) in [6.45, 7) is 3.79. The zero-order valence-corrected chi connectivity index (χ0v) is 10.7. The summed E-state index contributed by atoms with van der Waals surface area (Å²) in [5, 5.41) is 0. The maximum atomic E-state index is 11.9. The lowest BCUT2D eigenvalue weighted by Crippen LogP contribution is -2.26. The van der Waals surface area contributed by atoms with E-state index in [4.69, 9.17) is 0 Å². The van der Waals surface area contributed by atoms with Gasteiger partial charge >= 0.3 is 0 Å². The molecule has 0 spiro atoms. The van der Waals surface area contributed by atoms with Gasteiger partial charge in [-0.1, -0.05) is 37.3 Å². The SMILES string of the molecule is CCC1CCN(Cc2ccccc2)C1=O.CN. The topological polar surface area (TPSA) is 46.3 Å². The minimum absolute atomic E-state index is 0.272. The van der Waals surface area contributed by atoms with Gasteiger partial charge in [0.25, 0.3) is 0 Å². The van der Waals surface area contributed by atoms with E-state index in [9.17, 15) is 4.79 Å². The zero-order valence-electron chi connectivity index (χ0n) is 10.7. The van der Waals surface area contributed by atoms with Crippen molar-refractivity contribution < 1.29 is 4.79 Å². The predicted molar refractivity (Wildman–Crippen MR) is 70.4 cm³/mol. The maximum absolute atomic E-state index is 11.9. The monoisotopic (exact) mass is 234 g/mol. The largest absolute Gasteiger partial charge is 0.338 e. The van der Waals surface area contributed by atoms with Crippen molar-refractivity contribution in [2.45, 2.75) is 26.3 Å². The Bertz CT molecular complexity index is 337. The van der Waals surface area contributed by atoms with Gasteiger partial charge in [0.1, 0.15) is 0 Å². The van der Waals surface area contributed by atoms with Crippen LogP contribution in [-0.2, 0) is 11.3 Å². The first-order chi connectivity index (χ1) is 8.31. The van der Waals surface area contributed by atoms with Crippen LogP contribution < -0.4 is 5.73 Å². The lowest BCUT2D eigenvalue weighted by atomic mass is 10.1. The van der Waals surface area contributed by atoms with Crippen molar-refractivity contribution in [1.82, 2.24) is 4.90 Å². The summed E-state index contributed by atoms with van der Waals surface area (Å²) in [6.07, 6.45) is 2.01. The molecule has 1 unspecified atom stereocenters. The number of nitrogens with two attached hydrogens (primary N) is 1. The minimum Gasteiger partial charge on any atom is -0.338 e. The number of rotatable bonds is 3. The van der Waals surface area contributed by atoms with E-state index in [0.717, 1.165) is 25.9 Å². The van der Waals surface area contributed by atoms with Crippen LogP contribution in [0.3, 0.4) is 0 Å². The van der Waals surface area contributed by atoms with E-state index in [0.29, 0.717) is 5.91 Å². The first kappa shape index (κ1) is 13.7. The van der Waals surface area contributed by atoms with Crippen molar-refractivity contribution in [2.24, 2.45) is 11.7 Å². The molecule has 2 rings (SSSR count). The highest BCUT2D eigenvalue weighted by atomic mass is 16.2. The van der Waals surface area contributed by atoms with E-state index in [2.05, 4.69) is 24.8 Å². The van der Waals surface area contributed by atoms with Crippen LogP contribution in [0.4, 0.5) is 0 Å². The van der Waals surface area contributed by atoms with Gasteiger partial charge in [-0.3, -0.25) is 4.79 Å². The summed E-state index contributed by atoms with van der Waals surface area (Å²) in [7, 11) is 1.50. The summed E-state index contributed by atoms with van der Waals surface area (Å²) in [4.78, 5) is 13.8. The van der Waals surface area contributed by atoms with Crippen LogP contribution in [0.2, 0.25) is 0 Å². The van der Waals surface area contributed by atoms with Crippen LogP contribution in [0.25, 0.3) is 0 Å². The van der Waals surface area contributed by atoms with E-state index in [1.54, 1.807) is 0 Å². The Kier molecular flexibility index (Phi) is 5.70. The molecule has 1 saturated heterocycles. The molecule has 1 amide bonds. The molecule has 17 heavy (non-hydrogen) atoms. The summed E-state index contributed by atoms with van der Waals surface area (Å²) in [5.41, 5.74) is 5.72. The Hall–Kier alpha value is -1.35. The zero-order chi connectivity index (χ0) is 12.7. The van der Waals surface area contributed by atoms with Gasteiger partial charge < -0.3 is 10.6 Å². The van der Waals surface area contributed by atoms with Crippen molar-refractivity contribution in [1.29, 1.82) is 0 Å². The molecule has 1 atom stereocenters. The van der Waals surface area contributed by atoms with Crippen LogP contribution >= 0.6 is 0 Å². The van der Waals surface area contributed by atoms with Crippen LogP contribution in [0.15, 0.2) is 30.3 Å². The quantitative estimate of drug-likeness (QED) is 0.869. The van der Waals surface area contributed by atoms with Gasteiger partial charge in [-0.2, -0.15) is 0 Å². The van der Waals surface area contributed by atoms with Gasteiger partial charge in [-0.05, 0) is 25.5 Å². The molecule has 3 heteroatoms. The van der Waals surface area contributed by atoms with Gasteiger partial charge in [-0.25, -0.2) is 0 Å². The molecule has 0 saturated carbocycles. The fourth-order valence-electron chi connectivity index (χ4n) is 2.14. The van der Waals surface area contributed by atoms with Gasteiger partial charge in [0, 0.05) is 19.0 Å². The third kappa shape index (κ3) is 3.56. The molecular formula is C14H22N2O. The number of likely N-dealkylation sites (tertiary alicyclic amines) is 1. The summed E-state index contributed by atoms with van der Waals surface area (Å²) >= 11 is 0. The Labute approximate surface area is 104 Å². The lowest BCUT2D eigenvalue weighted by Gasteiger charge is -2.16. The van der Waals surface area contributed by atoms with Crippen molar-refractivity contribution in [2.75, 3.05) is 13.6 Å². The molecule has 1 aliphatic heterocycles. The van der Waals surface area contributed by atoms with Crippen LogP contribution in [0.5, 0.6) is 0 Å². The van der Waals surface area contributed by atoms with Gasteiger partial charge in [0.15, 0.2) is 0 Å². The van der Waals surface area contributed by atoms with Crippen LogP contribution in [0.1, 0.15) is 25.3 Å². The highest BCUT2D eigenvalue weighted by Crippen LogP contribution is 2.22. The van der Waals surface area contributed by atoms with Gasteiger partial charge in [0.05, 0.1) is 0 Å². The van der Waals surface area contributed by atoms with E-state index in [1.807, 2.05) is 23.1 Å². The molecule has 1 aromatic rings. The Morgan fingerprint density at radius 2 is 1.94 bits per heavy atom. The molecule has 0 radical (unpaired) electrons. The molecule has 1 fully saturated rings. The van der Waals surface area contributed by atoms with Crippen molar-refractivity contribution >= 4 is 5.91 Å². The standard InChI is InChI=1S/C13H17NO.CH5N/c1-2-12-8-9-14(13(12)15)10-11-6-4-3-5-7-11;1-2/h3-7,12H,2,8-10H2,1H3;2H2,1H3. The average molecular weight is 234 g/mol. The number of hydrogen-bond donors (Lipinski definition) is 1. The smallest absolute Gasteiger partial charge is 0.226 e. The molecule has 3 nitrogen and oxygen atoms in total. The maximum Gasteiger partial charge on any atom is 0.226 e. The van der Waals surface area contributed by atoms with E-state index in [-0.39, 0.29) is 5.92 Å². The van der Waals surface area contributed by atoms with Crippen molar-refractivity contribution in [3.63, 3.8) is 0 Å². The van der Waals surface area contributed by atoms with Crippen molar-refractivity contribution in [3.8, 4) is 0 Å². The molecule has 1 heterocycles. The normalized spacial score (nSPS) is 18.9. The fourth-order valence-corrected chi connectivity index (χ4v) is 2.14. The van der Waals surface area contributed by atoms with E-state index < -0.39 is 0 Å². The number of benzene rings is 1. The Morgan fingerprint density at radius 3 is 2.47 bits per heavy atom. The molecule has 0 aromatic heterocycles. The summed E-state index contributed by atoms with van der Waals surface area (Å²) in [6, 6.07) is 10.2. The molecule has 1 aromatic carbocycles. The predicted octanol–water partition coefficient (Wildman–Crippen LogP) is 2.02. The second-order valence-electron chi connectivity index (χ2n) is 4.14. The summed E-state index contributed by atoms with van der Waals surface area (Å²) < 4.78 is 0. The Balaban J connectivity index is 0.000000686. The highest BCUT2D eigenvalue weighted by Gasteiger charge is 2.29. The number of nitrogens with zero attached hydrogens (tertiary/aromatic N) is 1. The Morgan fingerprint density at radius 1 is 1.29 bits per heavy atom. The second kappa shape index (κ2) is 7.07. The van der Waals surface area contributed by atoms with Crippen LogP contribution in [0, 0.1) is 5.92 Å². The first-order valence-corrected chi connectivity index (χ1v) is 6.21. The molecule has 1 aliphatic rings. The highest BCUT2D eigenvalue weighted by molar-refractivity contribution is 5.80. The average Bonchev–Trinajstić information content (AvgIpc) is 2.74. The number of hydrogen-bond acceptors (Lipinski definition) is 2. The number of amides is 1. The molecule has 0 bridgehead atoms. The van der Waals surface area contributed by atoms with E-state index in [1.165, 1.54) is 12.6 Å². The fraction of sp³-hybridized carbons (Fsp3) is 0.500. The van der Waals surface area contributed by atoms with Gasteiger partial charge in [0.2, 0.25) is 5.91 Å². The van der Waals surface area contributed by atoms with Crippen LogP contribution in [-0.4, -0.2) is 24.4 Å². The summed E-state index contributed by atoms with van der Waals surface area (Å²) in [5.74, 6) is 0.607. The molecule has 2 N–H and O–H groups in total. The lowest BCUT2D eigenvalue weighted by molar-refractivity contribution is -0.131. The second-order valence-corrected chi connectivity index (χ2v) is 4.14. The van der Waals surface area contributed by atoms with Crippen molar-refractivity contribution in [3.05, 3.63) is 35.9 Å². The molecule has 0 aliphatic carbocycles.